The van der Waals surface area contributed by atoms with E-state index in [-0.39, 0.29) is 0 Å². The van der Waals surface area contributed by atoms with Gasteiger partial charge >= 0.3 is 0 Å². The molecule has 4 nitrogen and oxygen atoms in total. The lowest BCUT2D eigenvalue weighted by molar-refractivity contribution is 1.18. The minimum absolute atomic E-state index is 1.15. The van der Waals surface area contributed by atoms with Crippen LogP contribution in [0.15, 0.2) is 497 Å². The van der Waals surface area contributed by atoms with Crippen molar-refractivity contribution in [3.63, 3.8) is 0 Å². The largest absolute Gasteiger partial charge is 0.309 e. The SMILES string of the molecule is c1ccc(-c2ccc(-c3cccc(-n4c5ccccc5c5cc(-c6ccc7c(c6)c6ccccc6n7-c6cccc(-c7ccc(-c8ccccc8)cc7)c6)ccc54)c3)cc2)cc1.c1ccc(-c2ccc(-n3c4ccccc4c4cc(-c5ccc6c(c5)c5ccccc5n6-c5cccc([Si](c6ccccc6)(c6ccccc6)c6ccccc6)c5)ccc43)cc2)cc1. The molecular weight excluding hydrogens is 1530 g/mol. The molecule has 0 atom stereocenters. The maximum atomic E-state index is 2.47. The lowest BCUT2D eigenvalue weighted by Gasteiger charge is -2.34. The van der Waals surface area contributed by atoms with Crippen LogP contribution in [0.2, 0.25) is 0 Å². The van der Waals surface area contributed by atoms with Crippen LogP contribution in [0, 0.1) is 0 Å². The monoisotopic (exact) mass is 1610 g/mol. The van der Waals surface area contributed by atoms with Crippen LogP contribution in [0.4, 0.5) is 0 Å². The summed E-state index contributed by atoms with van der Waals surface area (Å²) in [6.07, 6.45) is 0. The summed E-state index contributed by atoms with van der Waals surface area (Å²) in [6, 6.07) is 182. The molecule has 0 aliphatic rings. The number of nitrogens with zero attached hydrogens (tertiary/aromatic N) is 4. The summed E-state index contributed by atoms with van der Waals surface area (Å²) >= 11 is 0. The van der Waals surface area contributed by atoms with Gasteiger partial charge in [0, 0.05) is 65.8 Å². The van der Waals surface area contributed by atoms with Crippen molar-refractivity contribution in [2.75, 3.05) is 0 Å². The fraction of sp³-hybridized carbons (Fsp3) is 0. The summed E-state index contributed by atoms with van der Waals surface area (Å²) < 4.78 is 9.70. The molecule has 0 amide bonds. The number of fused-ring (bicyclic) bond motifs is 12. The Kier molecular flexibility index (Phi) is 18.6. The molecule has 125 heavy (non-hydrogen) atoms. The molecule has 4 heterocycles. The molecule has 586 valence electrons. The van der Waals surface area contributed by atoms with Gasteiger partial charge in [-0.1, -0.05) is 376 Å². The predicted molar refractivity (Wildman–Crippen MR) is 532 cm³/mol. The van der Waals surface area contributed by atoms with Crippen molar-refractivity contribution in [2.45, 2.75) is 0 Å². The lowest BCUT2D eigenvalue weighted by Crippen LogP contribution is -2.74. The van der Waals surface area contributed by atoms with Gasteiger partial charge in [0.25, 0.3) is 0 Å². The van der Waals surface area contributed by atoms with Crippen molar-refractivity contribution >= 4 is 116 Å². The Hall–Kier alpha value is -16.2. The van der Waals surface area contributed by atoms with Gasteiger partial charge in [-0.3, -0.25) is 0 Å². The smallest absolute Gasteiger partial charge is 0.179 e. The van der Waals surface area contributed by atoms with Crippen LogP contribution in [-0.2, 0) is 0 Å². The number of rotatable bonds is 15. The summed E-state index contributed by atoms with van der Waals surface area (Å²) in [5.41, 5.74) is 31.1. The summed E-state index contributed by atoms with van der Waals surface area (Å²) in [4.78, 5) is 0. The quantitative estimate of drug-likeness (QED) is 0.0720. The van der Waals surface area contributed by atoms with Gasteiger partial charge in [0.1, 0.15) is 0 Å². The summed E-state index contributed by atoms with van der Waals surface area (Å²) in [7, 11) is -2.73. The first-order chi connectivity index (χ1) is 62.0. The van der Waals surface area contributed by atoms with E-state index in [4.69, 9.17) is 0 Å². The zero-order valence-corrected chi connectivity index (χ0v) is 69.6. The number of hydrogen-bond acceptors (Lipinski definition) is 0. The fourth-order valence-corrected chi connectivity index (χ4v) is 24.5. The van der Waals surface area contributed by atoms with Crippen molar-refractivity contribution in [3.8, 4) is 101 Å². The second-order valence-electron chi connectivity index (χ2n) is 32.6. The third kappa shape index (κ3) is 13.1. The molecule has 0 spiro atoms. The van der Waals surface area contributed by atoms with E-state index in [1.807, 2.05) is 0 Å². The molecule has 24 aromatic rings. The number of para-hydroxylation sites is 4. The Labute approximate surface area is 727 Å². The van der Waals surface area contributed by atoms with E-state index in [0.717, 1.165) is 22.7 Å². The van der Waals surface area contributed by atoms with Crippen LogP contribution in [0.3, 0.4) is 0 Å². The van der Waals surface area contributed by atoms with Crippen LogP contribution in [0.1, 0.15) is 0 Å². The van der Waals surface area contributed by atoms with E-state index in [1.54, 1.807) is 0 Å². The zero-order chi connectivity index (χ0) is 82.7. The standard InChI is InChI=1S/C60H42N2Si.C60H40N2/c1-5-18-43(19-6-1)44-32-36-47(37-33-44)61-57-30-15-13-28-53(57)55-40-45(34-38-59(55)61)46-35-39-60-56(41-46)54-29-14-16-31-58(54)62(60)48-20-17-27-52(42-48)63(49-21-7-2-8-22-49,50-23-9-3-10-24-50)51-25-11-4-12-26-51;1-3-13-41(14-4-1)43-25-29-45(30-26-43)47-17-11-19-51(37-47)61-57-23-9-7-21-53(57)55-39-49(33-35-59(55)61)50-34-36-60-56(40-50)54-22-8-10-24-58(54)62(60)52-20-12-18-48(38-52)46-31-27-44(28-32-46)42-15-5-2-6-16-42/h1-42H;1-40H. The molecule has 20 aromatic carbocycles. The third-order valence-electron chi connectivity index (χ3n) is 25.6. The van der Waals surface area contributed by atoms with E-state index in [1.165, 1.54) is 186 Å². The van der Waals surface area contributed by atoms with Gasteiger partial charge in [0.15, 0.2) is 8.07 Å². The van der Waals surface area contributed by atoms with Crippen molar-refractivity contribution in [1.82, 2.24) is 18.3 Å². The van der Waals surface area contributed by atoms with Crippen LogP contribution >= 0.6 is 0 Å². The van der Waals surface area contributed by atoms with Crippen molar-refractivity contribution in [3.05, 3.63) is 497 Å². The van der Waals surface area contributed by atoms with Crippen LogP contribution in [0.5, 0.6) is 0 Å². The molecule has 0 saturated carbocycles. The van der Waals surface area contributed by atoms with E-state index < -0.39 is 8.07 Å². The molecule has 5 heteroatoms. The first-order valence-corrected chi connectivity index (χ1v) is 45.1. The number of aromatic nitrogens is 4. The average Bonchev–Trinajstić information content (AvgIpc) is 1.09. The van der Waals surface area contributed by atoms with Gasteiger partial charge < -0.3 is 18.3 Å². The van der Waals surface area contributed by atoms with Gasteiger partial charge in [-0.15, -0.1) is 0 Å². The predicted octanol–water partition coefficient (Wildman–Crippen LogP) is 28.8. The Morgan fingerprint density at radius 1 is 0.112 bits per heavy atom. The fourth-order valence-electron chi connectivity index (χ4n) is 19.7. The zero-order valence-electron chi connectivity index (χ0n) is 68.6. The van der Waals surface area contributed by atoms with Gasteiger partial charge in [0.05, 0.1) is 44.1 Å². The van der Waals surface area contributed by atoms with Crippen molar-refractivity contribution < 1.29 is 0 Å². The lowest BCUT2D eigenvalue weighted by atomic mass is 10.00. The van der Waals surface area contributed by atoms with Crippen LogP contribution in [-0.4, -0.2) is 26.3 Å². The molecule has 0 aliphatic heterocycles. The van der Waals surface area contributed by atoms with Gasteiger partial charge in [0.2, 0.25) is 0 Å². The average molecular weight is 1610 g/mol. The normalized spacial score (nSPS) is 11.7. The van der Waals surface area contributed by atoms with Gasteiger partial charge in [-0.2, -0.15) is 0 Å². The van der Waals surface area contributed by atoms with E-state index >= 15 is 0 Å². The first kappa shape index (κ1) is 73.9. The van der Waals surface area contributed by atoms with Crippen molar-refractivity contribution in [2.24, 2.45) is 0 Å². The maximum absolute atomic E-state index is 2.73. The third-order valence-corrected chi connectivity index (χ3v) is 30.4. The first-order valence-electron chi connectivity index (χ1n) is 43.1. The number of hydrogen-bond donors (Lipinski definition) is 0. The molecule has 4 aromatic heterocycles. The summed E-state index contributed by atoms with van der Waals surface area (Å²) in [6.45, 7) is 0. The van der Waals surface area contributed by atoms with Crippen LogP contribution in [0.25, 0.3) is 188 Å². The Morgan fingerprint density at radius 2 is 0.312 bits per heavy atom. The highest BCUT2D eigenvalue weighted by Crippen LogP contribution is 2.43. The minimum Gasteiger partial charge on any atom is -0.309 e. The Morgan fingerprint density at radius 3 is 0.624 bits per heavy atom. The second-order valence-corrected chi connectivity index (χ2v) is 36.4. The van der Waals surface area contributed by atoms with E-state index in [9.17, 15) is 0 Å². The highest BCUT2D eigenvalue weighted by molar-refractivity contribution is 7.20. The van der Waals surface area contributed by atoms with E-state index in [2.05, 4.69) is 516 Å². The van der Waals surface area contributed by atoms with Gasteiger partial charge in [-0.25, -0.2) is 0 Å². The minimum atomic E-state index is -2.73. The molecule has 0 radical (unpaired) electrons. The van der Waals surface area contributed by atoms with Crippen LogP contribution < -0.4 is 20.7 Å². The highest BCUT2D eigenvalue weighted by atomic mass is 28.3. The molecule has 24 rings (SSSR count). The molecule has 0 aliphatic carbocycles. The summed E-state index contributed by atoms with van der Waals surface area (Å²) in [5, 5.41) is 15.4. The summed E-state index contributed by atoms with van der Waals surface area (Å²) in [5.74, 6) is 0. The topological polar surface area (TPSA) is 19.7 Å². The molecule has 0 N–H and O–H groups in total. The molecule has 0 fully saturated rings. The van der Waals surface area contributed by atoms with Gasteiger partial charge in [-0.05, 0) is 220 Å². The molecular formula is C120H82N4Si. The second kappa shape index (κ2) is 31.4. The molecule has 0 saturated heterocycles. The Balaban J connectivity index is 0.000000144. The Bertz CT molecular complexity index is 7810. The highest BCUT2D eigenvalue weighted by Gasteiger charge is 2.42. The van der Waals surface area contributed by atoms with E-state index in [0.29, 0.717) is 0 Å². The molecule has 0 bridgehead atoms. The number of benzene rings is 20. The molecule has 0 unspecified atom stereocenters. The maximum Gasteiger partial charge on any atom is 0.179 e. The van der Waals surface area contributed by atoms with Crippen molar-refractivity contribution in [1.29, 1.82) is 0 Å².